The Morgan fingerprint density at radius 1 is 1.05 bits per heavy atom. The number of halogens is 1. The van der Waals surface area contributed by atoms with Crippen LogP contribution in [0.2, 0.25) is 0 Å². The van der Waals surface area contributed by atoms with Gasteiger partial charge in [0.2, 0.25) is 0 Å². The summed E-state index contributed by atoms with van der Waals surface area (Å²) in [6, 6.07) is 6.78. The molecule has 22 heavy (non-hydrogen) atoms. The zero-order valence-electron chi connectivity index (χ0n) is 14.5. The molecule has 0 heterocycles. The Morgan fingerprint density at radius 2 is 1.68 bits per heavy atom. The highest BCUT2D eigenvalue weighted by molar-refractivity contribution is 5.22. The van der Waals surface area contributed by atoms with E-state index >= 15 is 0 Å². The van der Waals surface area contributed by atoms with Crippen LogP contribution in [0, 0.1) is 5.82 Å². The zero-order valence-corrected chi connectivity index (χ0v) is 14.5. The summed E-state index contributed by atoms with van der Waals surface area (Å²) < 4.78 is 24.8. The van der Waals surface area contributed by atoms with Crippen molar-refractivity contribution < 1.29 is 13.9 Å². The number of benzene rings is 1. The molecule has 0 aliphatic heterocycles. The Hall–Kier alpha value is -0.930. The van der Waals surface area contributed by atoms with Crippen LogP contribution in [0.3, 0.4) is 0 Å². The van der Waals surface area contributed by atoms with E-state index < -0.39 is 5.79 Å². The highest BCUT2D eigenvalue weighted by Crippen LogP contribution is 2.36. The van der Waals surface area contributed by atoms with E-state index in [2.05, 4.69) is 6.92 Å². The molecule has 1 unspecified atom stereocenters. The first-order valence-corrected chi connectivity index (χ1v) is 8.43. The zero-order chi connectivity index (χ0) is 16.4. The van der Waals surface area contributed by atoms with E-state index in [1.807, 2.05) is 13.0 Å². The van der Waals surface area contributed by atoms with Gasteiger partial charge in [0.25, 0.3) is 0 Å². The number of unbranched alkanes of at least 4 members (excludes halogenated alkanes) is 5. The molecule has 0 N–H and O–H groups in total. The van der Waals surface area contributed by atoms with Crippen molar-refractivity contribution in [3.63, 3.8) is 0 Å². The van der Waals surface area contributed by atoms with Crippen LogP contribution in [0.15, 0.2) is 24.3 Å². The maximum absolute atomic E-state index is 13.6. The molecule has 126 valence electrons. The van der Waals surface area contributed by atoms with Crippen molar-refractivity contribution in [2.45, 2.75) is 70.5 Å². The standard InChI is InChI=1S/C19H31FO2/c1-5-6-7-8-9-10-14-18(19(2,21-3)22-4)16-12-11-13-17(20)15-16/h11-13,15,18H,5-10,14H2,1-4H3. The lowest BCUT2D eigenvalue weighted by Gasteiger charge is -2.35. The van der Waals surface area contributed by atoms with Crippen molar-refractivity contribution in [3.05, 3.63) is 35.6 Å². The van der Waals surface area contributed by atoms with Gasteiger partial charge in [-0.3, -0.25) is 0 Å². The summed E-state index contributed by atoms with van der Waals surface area (Å²) in [5, 5.41) is 0. The molecule has 1 atom stereocenters. The topological polar surface area (TPSA) is 18.5 Å². The van der Waals surface area contributed by atoms with Gasteiger partial charge in [0.15, 0.2) is 5.79 Å². The van der Waals surface area contributed by atoms with Gasteiger partial charge in [-0.2, -0.15) is 0 Å². The smallest absolute Gasteiger partial charge is 0.171 e. The van der Waals surface area contributed by atoms with E-state index in [-0.39, 0.29) is 11.7 Å². The van der Waals surface area contributed by atoms with Crippen molar-refractivity contribution in [2.24, 2.45) is 0 Å². The minimum atomic E-state index is -0.725. The molecule has 1 aromatic rings. The van der Waals surface area contributed by atoms with Crippen molar-refractivity contribution in [1.82, 2.24) is 0 Å². The lowest BCUT2D eigenvalue weighted by Crippen LogP contribution is -2.37. The molecular formula is C19H31FO2. The Labute approximate surface area is 135 Å². The van der Waals surface area contributed by atoms with Crippen LogP contribution >= 0.6 is 0 Å². The predicted octanol–water partition coefficient (Wildman–Crippen LogP) is 5.67. The molecule has 0 aliphatic carbocycles. The Balaban J connectivity index is 2.71. The second-order valence-electron chi connectivity index (χ2n) is 6.09. The number of hydrogen-bond acceptors (Lipinski definition) is 2. The Bertz CT molecular complexity index is 416. The van der Waals surface area contributed by atoms with Gasteiger partial charge >= 0.3 is 0 Å². The summed E-state index contributed by atoms with van der Waals surface area (Å²) in [5.74, 6) is -0.901. The molecule has 0 saturated heterocycles. The van der Waals surface area contributed by atoms with Crippen molar-refractivity contribution >= 4 is 0 Å². The van der Waals surface area contributed by atoms with E-state index in [1.54, 1.807) is 26.4 Å². The van der Waals surface area contributed by atoms with Crippen LogP contribution in [0.5, 0.6) is 0 Å². The van der Waals surface area contributed by atoms with Gasteiger partial charge in [-0.15, -0.1) is 0 Å². The molecule has 1 aromatic carbocycles. The number of hydrogen-bond donors (Lipinski definition) is 0. The minimum absolute atomic E-state index is 0.0318. The second kappa shape index (κ2) is 9.96. The fourth-order valence-corrected chi connectivity index (χ4v) is 2.95. The third-order valence-electron chi connectivity index (χ3n) is 4.54. The maximum Gasteiger partial charge on any atom is 0.171 e. The van der Waals surface area contributed by atoms with E-state index in [9.17, 15) is 4.39 Å². The average molecular weight is 310 g/mol. The van der Waals surface area contributed by atoms with Gasteiger partial charge < -0.3 is 9.47 Å². The molecule has 0 amide bonds. The van der Waals surface area contributed by atoms with E-state index in [4.69, 9.17) is 9.47 Å². The molecule has 0 bridgehead atoms. The molecule has 0 aliphatic rings. The van der Waals surface area contributed by atoms with Crippen LogP contribution in [-0.4, -0.2) is 20.0 Å². The molecule has 0 spiro atoms. The minimum Gasteiger partial charge on any atom is -0.353 e. The molecule has 0 fully saturated rings. The maximum atomic E-state index is 13.6. The average Bonchev–Trinajstić information content (AvgIpc) is 2.53. The molecular weight excluding hydrogens is 279 g/mol. The fraction of sp³-hybridized carbons (Fsp3) is 0.684. The monoisotopic (exact) mass is 310 g/mol. The molecule has 0 saturated carbocycles. The third kappa shape index (κ3) is 5.69. The van der Waals surface area contributed by atoms with Gasteiger partial charge in [-0.25, -0.2) is 4.39 Å². The summed E-state index contributed by atoms with van der Waals surface area (Å²) >= 11 is 0. The molecule has 2 nitrogen and oxygen atoms in total. The summed E-state index contributed by atoms with van der Waals surface area (Å²) in [4.78, 5) is 0. The van der Waals surface area contributed by atoms with Crippen molar-refractivity contribution in [2.75, 3.05) is 14.2 Å². The summed E-state index contributed by atoms with van der Waals surface area (Å²) in [6.45, 7) is 4.16. The molecule has 1 rings (SSSR count). The second-order valence-corrected chi connectivity index (χ2v) is 6.09. The van der Waals surface area contributed by atoms with Crippen LogP contribution in [0.1, 0.15) is 70.3 Å². The first-order chi connectivity index (χ1) is 10.6. The van der Waals surface area contributed by atoms with Gasteiger partial charge in [0.1, 0.15) is 5.82 Å². The first kappa shape index (κ1) is 19.1. The SMILES string of the molecule is CCCCCCCCC(c1cccc(F)c1)C(C)(OC)OC. The van der Waals surface area contributed by atoms with Gasteiger partial charge in [0, 0.05) is 20.1 Å². The number of ether oxygens (including phenoxy) is 2. The number of methoxy groups -OCH3 is 2. The van der Waals surface area contributed by atoms with Crippen LogP contribution in [0.25, 0.3) is 0 Å². The van der Waals surface area contributed by atoms with Gasteiger partial charge in [-0.1, -0.05) is 57.6 Å². The Morgan fingerprint density at radius 3 is 2.27 bits per heavy atom. The van der Waals surface area contributed by atoms with Gasteiger partial charge in [-0.05, 0) is 31.0 Å². The predicted molar refractivity (Wildman–Crippen MR) is 89.6 cm³/mol. The fourth-order valence-electron chi connectivity index (χ4n) is 2.95. The van der Waals surface area contributed by atoms with Crippen molar-refractivity contribution in [3.8, 4) is 0 Å². The first-order valence-electron chi connectivity index (χ1n) is 8.43. The lowest BCUT2D eigenvalue weighted by molar-refractivity contribution is -0.210. The Kier molecular flexibility index (Phi) is 8.66. The van der Waals surface area contributed by atoms with Crippen molar-refractivity contribution in [1.29, 1.82) is 0 Å². The molecule has 0 aromatic heterocycles. The van der Waals surface area contributed by atoms with Crippen LogP contribution < -0.4 is 0 Å². The van der Waals surface area contributed by atoms with Gasteiger partial charge in [0.05, 0.1) is 0 Å². The summed E-state index contributed by atoms with van der Waals surface area (Å²) in [5.41, 5.74) is 0.944. The third-order valence-corrected chi connectivity index (χ3v) is 4.54. The highest BCUT2D eigenvalue weighted by Gasteiger charge is 2.35. The molecule has 0 radical (unpaired) electrons. The number of rotatable bonds is 11. The van der Waals surface area contributed by atoms with Crippen LogP contribution in [0.4, 0.5) is 4.39 Å². The normalized spacial score (nSPS) is 13.3. The lowest BCUT2D eigenvalue weighted by atomic mass is 9.86. The largest absolute Gasteiger partial charge is 0.353 e. The van der Waals surface area contributed by atoms with Crippen LogP contribution in [-0.2, 0) is 9.47 Å². The highest BCUT2D eigenvalue weighted by atomic mass is 19.1. The van der Waals surface area contributed by atoms with E-state index in [0.717, 1.165) is 18.4 Å². The van der Waals surface area contributed by atoms with E-state index in [1.165, 1.54) is 38.2 Å². The quantitative estimate of drug-likeness (QED) is 0.387. The summed E-state index contributed by atoms with van der Waals surface area (Å²) in [7, 11) is 3.30. The molecule has 3 heteroatoms. The summed E-state index contributed by atoms with van der Waals surface area (Å²) in [6.07, 6.45) is 8.38. The van der Waals surface area contributed by atoms with E-state index in [0.29, 0.717) is 0 Å².